The number of carboxylic acid groups (broad SMARTS) is 1. The normalized spacial score (nSPS) is 10.8. The first-order valence-electron chi connectivity index (χ1n) is 7.75. The fourth-order valence-electron chi connectivity index (χ4n) is 3.36. The van der Waals surface area contributed by atoms with Crippen LogP contribution in [0.2, 0.25) is 0 Å². The van der Waals surface area contributed by atoms with Gasteiger partial charge in [-0.25, -0.2) is 4.79 Å². The Kier molecular flexibility index (Phi) is 3.86. The highest BCUT2D eigenvalue weighted by atomic mass is 16.4. The highest BCUT2D eigenvalue weighted by Gasteiger charge is 2.19. The Morgan fingerprint density at radius 1 is 1.12 bits per heavy atom. The molecule has 0 aliphatic rings. The van der Waals surface area contributed by atoms with Gasteiger partial charge >= 0.3 is 5.97 Å². The number of carboxylic acids is 1. The third-order valence-electron chi connectivity index (χ3n) is 4.44. The Morgan fingerprint density at radius 3 is 2.38 bits per heavy atom. The molecule has 0 aliphatic carbocycles. The lowest BCUT2D eigenvalue weighted by atomic mass is 9.93. The largest absolute Gasteiger partial charge is 0.477 e. The molecule has 120 valence electrons. The molecule has 0 atom stereocenters. The number of aromatic amines is 1. The Morgan fingerprint density at radius 2 is 1.79 bits per heavy atom. The van der Waals surface area contributed by atoms with Gasteiger partial charge in [0.05, 0.1) is 11.6 Å². The van der Waals surface area contributed by atoms with E-state index in [-0.39, 0.29) is 5.69 Å². The van der Waals surface area contributed by atoms with Gasteiger partial charge in [0.15, 0.2) is 0 Å². The minimum atomic E-state index is -0.984. The number of aryl methyl sites for hydroxylation is 3. The molecular formula is C20H18N2O2. The van der Waals surface area contributed by atoms with E-state index in [4.69, 9.17) is 5.26 Å². The van der Waals surface area contributed by atoms with E-state index in [2.05, 4.69) is 44.0 Å². The van der Waals surface area contributed by atoms with Crippen LogP contribution in [0.25, 0.3) is 10.9 Å². The second-order valence-electron chi connectivity index (χ2n) is 6.21. The molecule has 0 unspecified atom stereocenters. The minimum Gasteiger partial charge on any atom is -0.477 e. The van der Waals surface area contributed by atoms with Gasteiger partial charge in [-0.05, 0) is 55.2 Å². The van der Waals surface area contributed by atoms with Crippen LogP contribution in [0.15, 0.2) is 30.3 Å². The number of nitrogens with zero attached hydrogens (tertiary/aromatic N) is 1. The molecule has 0 saturated heterocycles. The van der Waals surface area contributed by atoms with Gasteiger partial charge in [-0.3, -0.25) is 0 Å². The number of rotatable bonds is 3. The van der Waals surface area contributed by atoms with E-state index in [1.165, 1.54) is 5.56 Å². The van der Waals surface area contributed by atoms with Crippen LogP contribution >= 0.6 is 0 Å². The number of H-pyrrole nitrogens is 1. The van der Waals surface area contributed by atoms with Crippen LogP contribution in [-0.2, 0) is 6.42 Å². The molecule has 2 aromatic carbocycles. The van der Waals surface area contributed by atoms with Crippen LogP contribution in [0.3, 0.4) is 0 Å². The summed E-state index contributed by atoms with van der Waals surface area (Å²) in [6.07, 6.45) is 0.547. The maximum Gasteiger partial charge on any atom is 0.352 e. The van der Waals surface area contributed by atoms with E-state index in [1.54, 1.807) is 12.1 Å². The van der Waals surface area contributed by atoms with Crippen molar-refractivity contribution in [1.82, 2.24) is 4.98 Å². The third kappa shape index (κ3) is 2.65. The van der Waals surface area contributed by atoms with Crippen molar-refractivity contribution in [3.05, 3.63) is 69.4 Å². The van der Waals surface area contributed by atoms with Crippen LogP contribution < -0.4 is 0 Å². The molecule has 0 spiro atoms. The maximum atomic E-state index is 11.7. The zero-order valence-electron chi connectivity index (χ0n) is 13.9. The summed E-state index contributed by atoms with van der Waals surface area (Å²) < 4.78 is 0. The SMILES string of the molecule is Cc1cc(C)c(Cc2c(C(=O)O)[nH]c3cc(C#N)ccc23)c(C)c1. The van der Waals surface area contributed by atoms with E-state index in [0.717, 1.165) is 27.6 Å². The smallest absolute Gasteiger partial charge is 0.352 e. The van der Waals surface area contributed by atoms with Crippen molar-refractivity contribution in [1.29, 1.82) is 5.26 Å². The van der Waals surface area contributed by atoms with Gasteiger partial charge in [0.1, 0.15) is 5.69 Å². The molecule has 1 aromatic heterocycles. The average Bonchev–Trinajstić information content (AvgIpc) is 2.88. The first-order valence-corrected chi connectivity index (χ1v) is 7.75. The fourth-order valence-corrected chi connectivity index (χ4v) is 3.36. The molecule has 0 amide bonds. The summed E-state index contributed by atoms with van der Waals surface area (Å²) >= 11 is 0. The Balaban J connectivity index is 2.20. The number of aromatic nitrogens is 1. The van der Waals surface area contributed by atoms with Crippen LogP contribution in [0.1, 0.15) is 43.9 Å². The molecule has 4 nitrogen and oxygen atoms in total. The molecule has 3 rings (SSSR count). The van der Waals surface area contributed by atoms with E-state index in [1.807, 2.05) is 6.07 Å². The lowest BCUT2D eigenvalue weighted by Gasteiger charge is -2.12. The molecule has 0 bridgehead atoms. The highest BCUT2D eigenvalue weighted by Crippen LogP contribution is 2.28. The second kappa shape index (κ2) is 5.86. The zero-order chi connectivity index (χ0) is 17.4. The summed E-state index contributed by atoms with van der Waals surface area (Å²) in [4.78, 5) is 14.6. The number of aromatic carboxylic acids is 1. The summed E-state index contributed by atoms with van der Waals surface area (Å²) in [7, 11) is 0. The van der Waals surface area contributed by atoms with Crippen molar-refractivity contribution >= 4 is 16.9 Å². The average molecular weight is 318 g/mol. The summed E-state index contributed by atoms with van der Waals surface area (Å²) in [5.41, 5.74) is 6.81. The van der Waals surface area contributed by atoms with E-state index >= 15 is 0 Å². The summed E-state index contributed by atoms with van der Waals surface area (Å²) in [6, 6.07) is 11.6. The van der Waals surface area contributed by atoms with Gasteiger partial charge in [0.25, 0.3) is 0 Å². The van der Waals surface area contributed by atoms with E-state index in [9.17, 15) is 9.90 Å². The number of hydrogen-bond acceptors (Lipinski definition) is 2. The number of carbonyl (C=O) groups is 1. The van der Waals surface area contributed by atoms with Gasteiger partial charge in [0.2, 0.25) is 0 Å². The standard InChI is InChI=1S/C20H18N2O2/c1-11-6-12(2)16(13(3)7-11)9-17-15-5-4-14(10-21)8-18(15)22-19(17)20(23)24/h4-8,22H,9H2,1-3H3,(H,23,24). The first-order chi connectivity index (χ1) is 11.4. The predicted octanol–water partition coefficient (Wildman–Crippen LogP) is 4.25. The molecule has 0 aliphatic heterocycles. The third-order valence-corrected chi connectivity index (χ3v) is 4.44. The topological polar surface area (TPSA) is 76.9 Å². The molecule has 3 aromatic rings. The van der Waals surface area contributed by atoms with Gasteiger partial charge in [-0.2, -0.15) is 5.26 Å². The van der Waals surface area contributed by atoms with Crippen LogP contribution in [0, 0.1) is 32.1 Å². The first kappa shape index (κ1) is 15.8. The minimum absolute atomic E-state index is 0.194. The molecule has 2 N–H and O–H groups in total. The van der Waals surface area contributed by atoms with Crippen molar-refractivity contribution in [3.63, 3.8) is 0 Å². The molecule has 0 radical (unpaired) electrons. The molecular weight excluding hydrogens is 300 g/mol. The van der Waals surface area contributed by atoms with Crippen LogP contribution in [0.4, 0.5) is 0 Å². The monoisotopic (exact) mass is 318 g/mol. The zero-order valence-corrected chi connectivity index (χ0v) is 13.9. The van der Waals surface area contributed by atoms with Crippen LogP contribution in [-0.4, -0.2) is 16.1 Å². The molecule has 0 fully saturated rings. The Bertz CT molecular complexity index is 983. The second-order valence-corrected chi connectivity index (χ2v) is 6.21. The molecule has 4 heteroatoms. The molecule has 0 saturated carbocycles. The quantitative estimate of drug-likeness (QED) is 0.757. The summed E-state index contributed by atoms with van der Waals surface area (Å²) in [5, 5.41) is 19.4. The number of nitrogens with one attached hydrogen (secondary N) is 1. The summed E-state index contributed by atoms with van der Waals surface area (Å²) in [6.45, 7) is 6.17. The van der Waals surface area contributed by atoms with Crippen LogP contribution in [0.5, 0.6) is 0 Å². The van der Waals surface area contributed by atoms with Gasteiger partial charge in [0, 0.05) is 17.3 Å². The lowest BCUT2D eigenvalue weighted by molar-refractivity contribution is 0.0690. The number of benzene rings is 2. The molecule has 24 heavy (non-hydrogen) atoms. The number of fused-ring (bicyclic) bond motifs is 1. The number of hydrogen-bond donors (Lipinski definition) is 2. The highest BCUT2D eigenvalue weighted by molar-refractivity contribution is 5.98. The Labute approximate surface area is 140 Å². The van der Waals surface area contributed by atoms with Crippen molar-refractivity contribution < 1.29 is 9.90 Å². The van der Waals surface area contributed by atoms with Crippen molar-refractivity contribution in [2.75, 3.05) is 0 Å². The lowest BCUT2D eigenvalue weighted by Crippen LogP contribution is -2.04. The number of nitriles is 1. The Hall–Kier alpha value is -3.06. The van der Waals surface area contributed by atoms with Crippen molar-refractivity contribution in [3.8, 4) is 6.07 Å². The fraction of sp³-hybridized carbons (Fsp3) is 0.200. The van der Waals surface area contributed by atoms with Gasteiger partial charge < -0.3 is 10.1 Å². The maximum absolute atomic E-state index is 11.7. The predicted molar refractivity (Wildman–Crippen MR) is 93.4 cm³/mol. The van der Waals surface area contributed by atoms with Crippen molar-refractivity contribution in [2.45, 2.75) is 27.2 Å². The summed E-state index contributed by atoms with van der Waals surface area (Å²) in [5.74, 6) is -0.984. The van der Waals surface area contributed by atoms with Gasteiger partial charge in [-0.1, -0.05) is 23.8 Å². The van der Waals surface area contributed by atoms with Gasteiger partial charge in [-0.15, -0.1) is 0 Å². The van der Waals surface area contributed by atoms with Crippen molar-refractivity contribution in [2.24, 2.45) is 0 Å². The van der Waals surface area contributed by atoms with E-state index < -0.39 is 5.97 Å². The molecule has 1 heterocycles. The van der Waals surface area contributed by atoms with E-state index in [0.29, 0.717) is 17.5 Å².